The zero-order valence-corrected chi connectivity index (χ0v) is 9.23. The van der Waals surface area contributed by atoms with Crippen LogP contribution >= 0.6 is 0 Å². The number of nitrogens with zero attached hydrogens (tertiary/aromatic N) is 1. The fourth-order valence-corrected chi connectivity index (χ4v) is 1.80. The molecule has 0 radical (unpaired) electrons. The molecule has 0 saturated carbocycles. The lowest BCUT2D eigenvalue weighted by molar-refractivity contribution is -0.139. The summed E-state index contributed by atoms with van der Waals surface area (Å²) < 4.78 is 7.16. The van der Waals surface area contributed by atoms with E-state index in [1.54, 1.807) is 6.07 Å². The molecule has 0 unspecified atom stereocenters. The van der Waals surface area contributed by atoms with E-state index in [9.17, 15) is 4.79 Å². The maximum Gasteiger partial charge on any atom is 0.341 e. The van der Waals surface area contributed by atoms with Crippen LogP contribution in [0, 0.1) is 6.92 Å². The third-order valence-corrected chi connectivity index (χ3v) is 2.52. The predicted octanol–water partition coefficient (Wildman–Crippen LogP) is 1.95. The lowest BCUT2D eigenvalue weighted by atomic mass is 10.2. The number of benzene rings is 1. The Labute approximate surface area is 93.1 Å². The molecule has 1 aromatic heterocycles. The Morgan fingerprint density at radius 3 is 2.94 bits per heavy atom. The summed E-state index contributed by atoms with van der Waals surface area (Å²) >= 11 is 0. The Morgan fingerprint density at radius 1 is 1.50 bits per heavy atom. The van der Waals surface area contributed by atoms with Crippen LogP contribution in [-0.2, 0) is 11.8 Å². The highest BCUT2D eigenvalue weighted by atomic mass is 16.5. The van der Waals surface area contributed by atoms with Crippen molar-refractivity contribution in [3.63, 3.8) is 0 Å². The molecular formula is C12H13NO3. The summed E-state index contributed by atoms with van der Waals surface area (Å²) in [5.41, 5.74) is 2.26. The van der Waals surface area contributed by atoms with Gasteiger partial charge in [0.2, 0.25) is 0 Å². The number of carboxylic acid groups (broad SMARTS) is 1. The Bertz CT molecular complexity index is 542. The molecule has 84 valence electrons. The van der Waals surface area contributed by atoms with Crippen molar-refractivity contribution in [2.45, 2.75) is 6.92 Å². The first kappa shape index (κ1) is 10.5. The second kappa shape index (κ2) is 3.89. The molecule has 16 heavy (non-hydrogen) atoms. The van der Waals surface area contributed by atoms with Crippen molar-refractivity contribution in [2.24, 2.45) is 7.05 Å². The number of hydrogen-bond acceptors (Lipinski definition) is 2. The second-order valence-corrected chi connectivity index (χ2v) is 3.78. The van der Waals surface area contributed by atoms with Crippen LogP contribution in [0.25, 0.3) is 10.9 Å². The van der Waals surface area contributed by atoms with Gasteiger partial charge in [0.15, 0.2) is 6.61 Å². The minimum Gasteiger partial charge on any atom is -0.482 e. The summed E-state index contributed by atoms with van der Waals surface area (Å²) in [7, 11) is 1.98. The van der Waals surface area contributed by atoms with E-state index in [2.05, 4.69) is 0 Å². The van der Waals surface area contributed by atoms with Crippen LogP contribution in [0.2, 0.25) is 0 Å². The van der Waals surface area contributed by atoms with Gasteiger partial charge in [0, 0.05) is 24.1 Å². The van der Waals surface area contributed by atoms with Gasteiger partial charge in [-0.3, -0.25) is 0 Å². The average Bonchev–Trinajstić information content (AvgIpc) is 2.52. The van der Waals surface area contributed by atoms with Crippen LogP contribution in [0.5, 0.6) is 5.75 Å². The second-order valence-electron chi connectivity index (χ2n) is 3.78. The van der Waals surface area contributed by atoms with Gasteiger partial charge in [0.1, 0.15) is 5.75 Å². The topological polar surface area (TPSA) is 51.5 Å². The van der Waals surface area contributed by atoms with Gasteiger partial charge in [0.25, 0.3) is 0 Å². The van der Waals surface area contributed by atoms with Gasteiger partial charge in [-0.2, -0.15) is 0 Å². The molecule has 0 amide bonds. The molecule has 0 fully saturated rings. The summed E-state index contributed by atoms with van der Waals surface area (Å²) in [4.78, 5) is 10.4. The Morgan fingerprint density at radius 2 is 2.25 bits per heavy atom. The number of aliphatic carboxylic acids is 1. The average molecular weight is 219 g/mol. The first-order valence-corrected chi connectivity index (χ1v) is 4.98. The zero-order chi connectivity index (χ0) is 11.7. The number of aromatic nitrogens is 1. The largest absolute Gasteiger partial charge is 0.482 e. The molecule has 1 heterocycles. The van der Waals surface area contributed by atoms with Crippen molar-refractivity contribution in [1.82, 2.24) is 4.57 Å². The van der Waals surface area contributed by atoms with E-state index in [1.165, 1.54) is 0 Å². The van der Waals surface area contributed by atoms with Crippen LogP contribution in [-0.4, -0.2) is 22.2 Å². The molecule has 0 bridgehead atoms. The standard InChI is InChI=1S/C12H13NO3/c1-8-6-13(2)11-4-3-9(5-10(8)11)16-7-12(14)15/h3-6H,7H2,1-2H3,(H,14,15). The maximum atomic E-state index is 10.4. The predicted molar refractivity (Wildman–Crippen MR) is 60.8 cm³/mol. The third kappa shape index (κ3) is 1.86. The van der Waals surface area contributed by atoms with Crippen molar-refractivity contribution >= 4 is 16.9 Å². The zero-order valence-electron chi connectivity index (χ0n) is 9.23. The fourth-order valence-electron chi connectivity index (χ4n) is 1.80. The van der Waals surface area contributed by atoms with E-state index in [0.717, 1.165) is 16.5 Å². The van der Waals surface area contributed by atoms with Gasteiger partial charge in [-0.25, -0.2) is 4.79 Å². The minimum atomic E-state index is -0.968. The number of ether oxygens (including phenoxy) is 1. The van der Waals surface area contributed by atoms with Crippen molar-refractivity contribution in [2.75, 3.05) is 6.61 Å². The molecular weight excluding hydrogens is 206 g/mol. The van der Waals surface area contributed by atoms with E-state index in [4.69, 9.17) is 9.84 Å². The van der Waals surface area contributed by atoms with Crippen LogP contribution in [0.4, 0.5) is 0 Å². The van der Waals surface area contributed by atoms with E-state index in [-0.39, 0.29) is 6.61 Å². The monoisotopic (exact) mass is 219 g/mol. The summed E-state index contributed by atoms with van der Waals surface area (Å²) in [6.45, 7) is 1.71. The van der Waals surface area contributed by atoms with Crippen LogP contribution in [0.1, 0.15) is 5.56 Å². The van der Waals surface area contributed by atoms with Crippen LogP contribution in [0.15, 0.2) is 24.4 Å². The smallest absolute Gasteiger partial charge is 0.341 e. The first-order chi connectivity index (χ1) is 7.58. The van der Waals surface area contributed by atoms with E-state index in [1.807, 2.05) is 36.9 Å². The lowest BCUT2D eigenvalue weighted by Gasteiger charge is -2.03. The van der Waals surface area contributed by atoms with Gasteiger partial charge in [-0.1, -0.05) is 0 Å². The lowest BCUT2D eigenvalue weighted by Crippen LogP contribution is -2.09. The van der Waals surface area contributed by atoms with Gasteiger partial charge < -0.3 is 14.4 Å². The number of rotatable bonds is 3. The van der Waals surface area contributed by atoms with Crippen molar-refractivity contribution in [3.8, 4) is 5.75 Å². The van der Waals surface area contributed by atoms with Crippen LogP contribution < -0.4 is 4.74 Å². The molecule has 4 nitrogen and oxygen atoms in total. The number of carbonyl (C=O) groups is 1. The molecule has 4 heteroatoms. The van der Waals surface area contributed by atoms with E-state index in [0.29, 0.717) is 5.75 Å². The maximum absolute atomic E-state index is 10.4. The molecule has 1 aromatic carbocycles. The molecule has 0 aliphatic rings. The molecule has 2 aromatic rings. The molecule has 1 N–H and O–H groups in total. The van der Waals surface area contributed by atoms with Crippen molar-refractivity contribution < 1.29 is 14.6 Å². The summed E-state index contributed by atoms with van der Waals surface area (Å²) in [6.07, 6.45) is 2.03. The SMILES string of the molecule is Cc1cn(C)c2ccc(OCC(=O)O)cc12. The highest BCUT2D eigenvalue weighted by Crippen LogP contribution is 2.24. The van der Waals surface area contributed by atoms with Gasteiger partial charge in [-0.05, 0) is 30.7 Å². The molecule has 0 aliphatic heterocycles. The van der Waals surface area contributed by atoms with Gasteiger partial charge in [0.05, 0.1) is 0 Å². The fraction of sp³-hybridized carbons (Fsp3) is 0.250. The molecule has 2 rings (SSSR count). The van der Waals surface area contributed by atoms with Gasteiger partial charge in [-0.15, -0.1) is 0 Å². The van der Waals surface area contributed by atoms with E-state index < -0.39 is 5.97 Å². The number of fused-ring (bicyclic) bond motifs is 1. The molecule has 0 spiro atoms. The Balaban J connectivity index is 2.36. The highest BCUT2D eigenvalue weighted by Gasteiger charge is 2.05. The molecule has 0 saturated heterocycles. The first-order valence-electron chi connectivity index (χ1n) is 4.98. The molecule has 0 atom stereocenters. The highest BCUT2D eigenvalue weighted by molar-refractivity contribution is 5.85. The Hall–Kier alpha value is -1.97. The minimum absolute atomic E-state index is 0.308. The normalized spacial score (nSPS) is 10.6. The summed E-state index contributed by atoms with van der Waals surface area (Å²) in [5, 5.41) is 9.61. The van der Waals surface area contributed by atoms with Crippen molar-refractivity contribution in [3.05, 3.63) is 30.0 Å². The van der Waals surface area contributed by atoms with Crippen molar-refractivity contribution in [1.29, 1.82) is 0 Å². The summed E-state index contributed by atoms with van der Waals surface area (Å²) in [5.74, 6) is -0.380. The number of aryl methyl sites for hydroxylation is 2. The van der Waals surface area contributed by atoms with E-state index >= 15 is 0 Å². The number of carboxylic acids is 1. The quantitative estimate of drug-likeness (QED) is 0.858. The third-order valence-electron chi connectivity index (χ3n) is 2.52. The summed E-state index contributed by atoms with van der Waals surface area (Å²) in [6, 6.07) is 5.58. The van der Waals surface area contributed by atoms with Gasteiger partial charge >= 0.3 is 5.97 Å². The Kier molecular flexibility index (Phi) is 2.56. The number of hydrogen-bond donors (Lipinski definition) is 1. The molecule has 0 aliphatic carbocycles. The van der Waals surface area contributed by atoms with Crippen LogP contribution in [0.3, 0.4) is 0 Å².